The molecule has 6 nitrogen and oxygen atoms in total. The molecule has 0 aliphatic heterocycles. The Morgan fingerprint density at radius 3 is 2.24 bits per heavy atom. The first-order valence-electron chi connectivity index (χ1n) is 18.1. The third-order valence-corrected chi connectivity index (χ3v) is 10.3. The summed E-state index contributed by atoms with van der Waals surface area (Å²) in [5, 5.41) is 6.60. The van der Waals surface area contributed by atoms with Crippen LogP contribution in [0.2, 0.25) is 5.02 Å². The van der Waals surface area contributed by atoms with Gasteiger partial charge in [-0.1, -0.05) is 99.1 Å². The Labute approximate surface area is 319 Å². The molecule has 9 aromatic rings. The lowest BCUT2D eigenvalue weighted by molar-refractivity contribution is 0.590. The van der Waals surface area contributed by atoms with Crippen LogP contribution in [0.3, 0.4) is 0 Å². The summed E-state index contributed by atoms with van der Waals surface area (Å²) in [7, 11) is 0. The number of nitrogens with zero attached hydrogens (tertiary/aromatic N) is 4. The number of para-hydroxylation sites is 3. The number of pyridine rings is 1. The molecule has 0 aliphatic rings. The van der Waals surface area contributed by atoms with Crippen LogP contribution >= 0.6 is 11.6 Å². The van der Waals surface area contributed by atoms with Gasteiger partial charge in [0.1, 0.15) is 11.3 Å². The van der Waals surface area contributed by atoms with Crippen molar-refractivity contribution in [3.8, 4) is 17.3 Å². The summed E-state index contributed by atoms with van der Waals surface area (Å²) in [6, 6.07) is 52.1. The summed E-state index contributed by atoms with van der Waals surface area (Å²) >= 11 is 7.52. The van der Waals surface area contributed by atoms with Crippen molar-refractivity contribution in [1.82, 2.24) is 14.5 Å². The van der Waals surface area contributed by atoms with Crippen LogP contribution in [0, 0.1) is 0 Å². The van der Waals surface area contributed by atoms with E-state index in [1.807, 2.05) is 66.9 Å². The molecule has 0 radical (unpaired) electrons. The zero-order chi connectivity index (χ0) is 36.8. The number of rotatable bonds is 8. The summed E-state index contributed by atoms with van der Waals surface area (Å²) < 4.78 is 8.27. The van der Waals surface area contributed by atoms with Crippen molar-refractivity contribution in [2.45, 2.75) is 32.7 Å². The Morgan fingerprint density at radius 2 is 1.46 bits per heavy atom. The molecule has 0 saturated heterocycles. The highest BCUT2D eigenvalue weighted by molar-refractivity contribution is 6.36. The van der Waals surface area contributed by atoms with Gasteiger partial charge in [0.25, 0.3) is 0 Å². The molecule has 0 unspecified atom stereocenters. The molecule has 0 aliphatic carbocycles. The van der Waals surface area contributed by atoms with Gasteiger partial charge < -0.3 is 14.6 Å². The fourth-order valence-corrected chi connectivity index (χ4v) is 7.38. The standard InChI is InChI=1S/C47H38ClN5O/c1-47(2,3)33-27-39(50-34-22-20-32(21-23-34)46-51-38-16-8-10-18-43(38)54-46)45(48)42(28-33)52(30-31-13-5-4-6-14-31)35-24-25-41-37(29-35)36-15-7-9-17-40(36)53(41)44-19-11-12-26-49-44/h4-29,50H,30H2,1-3H3. The summed E-state index contributed by atoms with van der Waals surface area (Å²) in [6.45, 7) is 7.33. The van der Waals surface area contributed by atoms with Gasteiger partial charge in [-0.05, 0) is 101 Å². The minimum absolute atomic E-state index is 0.148. The number of fused-ring (bicyclic) bond motifs is 4. The first-order chi connectivity index (χ1) is 26.3. The highest BCUT2D eigenvalue weighted by Gasteiger charge is 2.24. The second-order valence-corrected chi connectivity index (χ2v) is 15.0. The van der Waals surface area contributed by atoms with E-state index in [-0.39, 0.29) is 5.41 Å². The number of anilines is 4. The second kappa shape index (κ2) is 13.6. The maximum atomic E-state index is 7.52. The van der Waals surface area contributed by atoms with Crippen molar-refractivity contribution >= 4 is 67.3 Å². The third-order valence-electron chi connectivity index (χ3n) is 9.94. The van der Waals surface area contributed by atoms with Crippen LogP contribution in [0.15, 0.2) is 162 Å². The van der Waals surface area contributed by atoms with E-state index in [0.29, 0.717) is 17.5 Å². The lowest BCUT2D eigenvalue weighted by Crippen LogP contribution is -2.19. The molecule has 264 valence electrons. The quantitative estimate of drug-likeness (QED) is 0.169. The minimum Gasteiger partial charge on any atom is -0.436 e. The van der Waals surface area contributed by atoms with E-state index in [0.717, 1.165) is 67.0 Å². The number of aromatic nitrogens is 3. The van der Waals surface area contributed by atoms with E-state index in [4.69, 9.17) is 21.0 Å². The molecular formula is C47H38ClN5O. The van der Waals surface area contributed by atoms with Crippen LogP contribution in [-0.4, -0.2) is 14.5 Å². The topological polar surface area (TPSA) is 59.1 Å². The SMILES string of the molecule is CC(C)(C)c1cc(Nc2ccc(-c3nc4ccccc4o3)cc2)c(Cl)c(N(Cc2ccccc2)c2ccc3c(c2)c2ccccc2n3-c2ccccn2)c1. The van der Waals surface area contributed by atoms with Crippen molar-refractivity contribution in [3.63, 3.8) is 0 Å². The lowest BCUT2D eigenvalue weighted by atomic mass is 9.86. The zero-order valence-corrected chi connectivity index (χ0v) is 31.0. The van der Waals surface area contributed by atoms with E-state index in [9.17, 15) is 0 Å². The van der Waals surface area contributed by atoms with Gasteiger partial charge in [0, 0.05) is 40.5 Å². The molecular weight excluding hydrogens is 686 g/mol. The Bertz CT molecular complexity index is 2730. The molecule has 9 rings (SSSR count). The fraction of sp³-hybridized carbons (Fsp3) is 0.106. The van der Waals surface area contributed by atoms with Gasteiger partial charge in [0.15, 0.2) is 5.58 Å². The van der Waals surface area contributed by atoms with Gasteiger partial charge in [-0.2, -0.15) is 0 Å². The van der Waals surface area contributed by atoms with Crippen LogP contribution in [0.1, 0.15) is 31.9 Å². The van der Waals surface area contributed by atoms with Crippen molar-refractivity contribution in [2.75, 3.05) is 10.2 Å². The molecule has 0 saturated carbocycles. The number of oxazole rings is 1. The van der Waals surface area contributed by atoms with Gasteiger partial charge in [0.05, 0.1) is 27.4 Å². The van der Waals surface area contributed by atoms with Gasteiger partial charge in [-0.15, -0.1) is 0 Å². The number of hydrogen-bond donors (Lipinski definition) is 1. The first-order valence-corrected chi connectivity index (χ1v) is 18.5. The van der Waals surface area contributed by atoms with E-state index >= 15 is 0 Å². The second-order valence-electron chi connectivity index (χ2n) is 14.6. The van der Waals surface area contributed by atoms with E-state index < -0.39 is 0 Å². The summed E-state index contributed by atoms with van der Waals surface area (Å²) in [5.74, 6) is 1.48. The molecule has 7 heteroatoms. The summed E-state index contributed by atoms with van der Waals surface area (Å²) in [4.78, 5) is 11.7. The molecule has 0 amide bonds. The van der Waals surface area contributed by atoms with Gasteiger partial charge in [-0.3, -0.25) is 4.57 Å². The van der Waals surface area contributed by atoms with Crippen molar-refractivity contribution < 1.29 is 4.42 Å². The largest absolute Gasteiger partial charge is 0.436 e. The number of hydrogen-bond acceptors (Lipinski definition) is 5. The van der Waals surface area contributed by atoms with Crippen LogP contribution in [0.5, 0.6) is 0 Å². The maximum absolute atomic E-state index is 7.52. The van der Waals surface area contributed by atoms with Crippen LogP contribution in [0.4, 0.5) is 22.7 Å². The van der Waals surface area contributed by atoms with Crippen LogP contribution in [-0.2, 0) is 12.0 Å². The first kappa shape index (κ1) is 33.5. The monoisotopic (exact) mass is 723 g/mol. The Kier molecular flexibility index (Phi) is 8.40. The highest BCUT2D eigenvalue weighted by Crippen LogP contribution is 2.44. The molecule has 1 N–H and O–H groups in total. The molecule has 0 spiro atoms. The van der Waals surface area contributed by atoms with Crippen molar-refractivity contribution in [3.05, 3.63) is 174 Å². The van der Waals surface area contributed by atoms with E-state index in [1.54, 1.807) is 0 Å². The maximum Gasteiger partial charge on any atom is 0.227 e. The molecule has 3 aromatic heterocycles. The van der Waals surface area contributed by atoms with Gasteiger partial charge in [0.2, 0.25) is 5.89 Å². The number of nitrogens with one attached hydrogen (secondary N) is 1. The molecule has 0 fully saturated rings. The predicted molar refractivity (Wildman–Crippen MR) is 224 cm³/mol. The smallest absolute Gasteiger partial charge is 0.227 e. The van der Waals surface area contributed by atoms with Crippen LogP contribution < -0.4 is 10.2 Å². The molecule has 0 bridgehead atoms. The van der Waals surface area contributed by atoms with E-state index in [1.165, 1.54) is 11.1 Å². The van der Waals surface area contributed by atoms with Crippen molar-refractivity contribution in [2.24, 2.45) is 0 Å². The average molecular weight is 724 g/mol. The fourth-order valence-electron chi connectivity index (χ4n) is 7.12. The third kappa shape index (κ3) is 6.25. The highest BCUT2D eigenvalue weighted by atomic mass is 35.5. The zero-order valence-electron chi connectivity index (χ0n) is 30.3. The Morgan fingerprint density at radius 1 is 0.722 bits per heavy atom. The van der Waals surface area contributed by atoms with Crippen LogP contribution in [0.25, 0.3) is 50.2 Å². The minimum atomic E-state index is -0.148. The van der Waals surface area contributed by atoms with Gasteiger partial charge >= 0.3 is 0 Å². The molecule has 3 heterocycles. The molecule has 54 heavy (non-hydrogen) atoms. The Balaban J connectivity index is 1.16. The molecule has 6 aromatic carbocycles. The average Bonchev–Trinajstić information content (AvgIpc) is 3.78. The van der Waals surface area contributed by atoms with Crippen molar-refractivity contribution in [1.29, 1.82) is 0 Å². The predicted octanol–water partition coefficient (Wildman–Crippen LogP) is 13.0. The Hall–Kier alpha value is -6.37. The number of benzene rings is 6. The molecule has 0 atom stereocenters. The number of halogens is 1. The van der Waals surface area contributed by atoms with E-state index in [2.05, 4.69) is 132 Å². The summed E-state index contributed by atoms with van der Waals surface area (Å²) in [6.07, 6.45) is 1.84. The summed E-state index contributed by atoms with van der Waals surface area (Å²) in [5.41, 5.74) is 10.6. The lowest BCUT2D eigenvalue weighted by Gasteiger charge is -2.30. The van der Waals surface area contributed by atoms with Gasteiger partial charge in [-0.25, -0.2) is 9.97 Å². The normalized spacial score (nSPS) is 11.8.